The van der Waals surface area contributed by atoms with E-state index in [4.69, 9.17) is 9.05 Å². The molecular formula is C17H19N2O7P. The minimum Gasteiger partial charge on any atom is -0.478 e. The fraction of sp³-hybridized carbons (Fsp3) is 0.353. The number of nitro groups is 1. The second-order valence-electron chi connectivity index (χ2n) is 6.28. The molecule has 0 spiro atoms. The van der Waals surface area contributed by atoms with Gasteiger partial charge >= 0.3 is 13.6 Å². The zero-order chi connectivity index (χ0) is 19.8. The van der Waals surface area contributed by atoms with Gasteiger partial charge in [0.15, 0.2) is 0 Å². The number of aliphatic carboxylic acids is 1. The molecule has 144 valence electrons. The summed E-state index contributed by atoms with van der Waals surface area (Å²) in [6, 6.07) is 5.64. The maximum Gasteiger partial charge on any atom is 0.360 e. The van der Waals surface area contributed by atoms with Gasteiger partial charge in [-0.1, -0.05) is 12.1 Å². The summed E-state index contributed by atoms with van der Waals surface area (Å²) in [5.74, 6) is -2.21. The lowest BCUT2D eigenvalue weighted by molar-refractivity contribution is -0.384. The Morgan fingerprint density at radius 2 is 1.96 bits per heavy atom. The van der Waals surface area contributed by atoms with Crippen LogP contribution < -0.4 is 5.32 Å². The standard InChI is InChI=1S/C17H19N2O7P/c1-10-14(17(20)21)15(12-5-3-6-13(9-12)19(22)23)16(11(2)18-10)27(24)25-7-4-8-26-27/h3,5-6,9,15,18H,4,7-8H2,1-2H3,(H,20,21). The molecule has 1 fully saturated rings. The summed E-state index contributed by atoms with van der Waals surface area (Å²) in [5.41, 5.74) is 0.922. The third kappa shape index (κ3) is 3.53. The lowest BCUT2D eigenvalue weighted by atomic mass is 9.86. The van der Waals surface area contributed by atoms with Gasteiger partial charge in [-0.2, -0.15) is 0 Å². The van der Waals surface area contributed by atoms with Crippen LogP contribution in [-0.4, -0.2) is 29.2 Å². The van der Waals surface area contributed by atoms with Crippen molar-refractivity contribution in [3.8, 4) is 0 Å². The minimum absolute atomic E-state index is 0.0518. The molecule has 0 bridgehead atoms. The van der Waals surface area contributed by atoms with E-state index in [1.807, 2.05) is 0 Å². The van der Waals surface area contributed by atoms with Gasteiger partial charge in [-0.25, -0.2) is 4.79 Å². The van der Waals surface area contributed by atoms with Crippen LogP contribution in [0.1, 0.15) is 31.7 Å². The van der Waals surface area contributed by atoms with E-state index in [1.165, 1.54) is 18.2 Å². The number of non-ortho nitro benzene ring substituents is 1. The van der Waals surface area contributed by atoms with Crippen molar-refractivity contribution in [2.45, 2.75) is 26.2 Å². The van der Waals surface area contributed by atoms with Gasteiger partial charge < -0.3 is 19.5 Å². The highest BCUT2D eigenvalue weighted by Crippen LogP contribution is 2.65. The number of nitrogens with zero attached hydrogens (tertiary/aromatic N) is 1. The first-order valence-electron chi connectivity index (χ1n) is 8.30. The summed E-state index contributed by atoms with van der Waals surface area (Å²) in [4.78, 5) is 22.6. The molecule has 2 heterocycles. The maximum absolute atomic E-state index is 13.4. The summed E-state index contributed by atoms with van der Waals surface area (Å²) in [6.45, 7) is 3.69. The number of nitrogens with one attached hydrogen (secondary N) is 1. The van der Waals surface area contributed by atoms with Crippen LogP contribution in [0.4, 0.5) is 5.69 Å². The molecule has 1 saturated heterocycles. The Hall–Kier alpha value is -2.48. The molecule has 1 aromatic carbocycles. The molecule has 10 heteroatoms. The fourth-order valence-corrected chi connectivity index (χ4v) is 5.53. The Bertz CT molecular complexity index is 912. The number of benzene rings is 1. The SMILES string of the molecule is CC1=C(C(=O)O)C(c2cccc([N+](=O)[O-])c2)C(P2(=O)OCCCO2)=C(C)N1. The third-order valence-corrected chi connectivity index (χ3v) is 6.70. The van der Waals surface area contributed by atoms with Crippen molar-refractivity contribution in [2.75, 3.05) is 13.2 Å². The van der Waals surface area contributed by atoms with E-state index in [1.54, 1.807) is 19.9 Å². The quantitative estimate of drug-likeness (QED) is 0.451. The summed E-state index contributed by atoms with van der Waals surface area (Å²) >= 11 is 0. The highest BCUT2D eigenvalue weighted by atomic mass is 31.2. The lowest BCUT2D eigenvalue weighted by Gasteiger charge is -2.35. The number of carboxylic acid groups (broad SMARTS) is 1. The second kappa shape index (κ2) is 7.26. The van der Waals surface area contributed by atoms with Crippen LogP contribution in [-0.2, 0) is 18.4 Å². The van der Waals surface area contributed by atoms with E-state index in [2.05, 4.69) is 5.32 Å². The minimum atomic E-state index is -3.76. The molecule has 3 rings (SSSR count). The van der Waals surface area contributed by atoms with Gasteiger partial charge in [0.1, 0.15) is 0 Å². The monoisotopic (exact) mass is 394 g/mol. The molecule has 2 N–H and O–H groups in total. The number of dihydropyridines is 1. The molecule has 0 radical (unpaired) electrons. The van der Waals surface area contributed by atoms with Crippen LogP contribution in [0.3, 0.4) is 0 Å². The smallest absolute Gasteiger partial charge is 0.360 e. The molecule has 1 aromatic rings. The van der Waals surface area contributed by atoms with Gasteiger partial charge in [0.2, 0.25) is 0 Å². The van der Waals surface area contributed by atoms with Crippen molar-refractivity contribution in [3.05, 3.63) is 62.2 Å². The van der Waals surface area contributed by atoms with Crippen molar-refractivity contribution in [2.24, 2.45) is 0 Å². The molecule has 27 heavy (non-hydrogen) atoms. The van der Waals surface area contributed by atoms with Gasteiger partial charge in [0.25, 0.3) is 5.69 Å². The van der Waals surface area contributed by atoms with Gasteiger partial charge in [-0.05, 0) is 25.8 Å². The number of hydrogen-bond donors (Lipinski definition) is 2. The van der Waals surface area contributed by atoms with Crippen molar-refractivity contribution in [3.63, 3.8) is 0 Å². The lowest BCUT2D eigenvalue weighted by Crippen LogP contribution is -2.29. The maximum atomic E-state index is 13.4. The zero-order valence-corrected chi connectivity index (χ0v) is 15.7. The Morgan fingerprint density at radius 3 is 2.56 bits per heavy atom. The van der Waals surface area contributed by atoms with E-state index in [9.17, 15) is 24.6 Å². The first kappa shape index (κ1) is 19.3. The Labute approximate surface area is 155 Å². The second-order valence-corrected chi connectivity index (χ2v) is 8.27. The van der Waals surface area contributed by atoms with Crippen molar-refractivity contribution in [1.82, 2.24) is 5.32 Å². The van der Waals surface area contributed by atoms with Gasteiger partial charge in [0.05, 0.1) is 34.9 Å². The summed E-state index contributed by atoms with van der Waals surface area (Å²) in [7, 11) is -3.76. The van der Waals surface area contributed by atoms with E-state index in [-0.39, 0.29) is 29.8 Å². The van der Waals surface area contributed by atoms with E-state index in [0.29, 0.717) is 23.4 Å². The first-order chi connectivity index (χ1) is 12.7. The molecule has 1 atom stereocenters. The molecule has 2 aliphatic rings. The molecule has 0 aliphatic carbocycles. The molecule has 0 amide bonds. The number of hydrogen-bond acceptors (Lipinski definition) is 7. The van der Waals surface area contributed by atoms with Crippen LogP contribution in [0.5, 0.6) is 0 Å². The average molecular weight is 394 g/mol. The summed E-state index contributed by atoms with van der Waals surface area (Å²) < 4.78 is 24.3. The van der Waals surface area contributed by atoms with E-state index in [0.717, 1.165) is 0 Å². The van der Waals surface area contributed by atoms with Crippen molar-refractivity contribution in [1.29, 1.82) is 0 Å². The molecular weight excluding hydrogens is 375 g/mol. The number of rotatable bonds is 4. The van der Waals surface area contributed by atoms with Crippen LogP contribution in [0, 0.1) is 10.1 Å². The predicted molar refractivity (Wildman–Crippen MR) is 96.1 cm³/mol. The highest BCUT2D eigenvalue weighted by molar-refractivity contribution is 7.58. The van der Waals surface area contributed by atoms with Crippen LogP contribution in [0.15, 0.2) is 46.5 Å². The number of nitro benzene ring substituents is 1. The third-order valence-electron chi connectivity index (χ3n) is 4.48. The van der Waals surface area contributed by atoms with Crippen LogP contribution in [0.25, 0.3) is 0 Å². The number of carbonyl (C=O) groups is 1. The molecule has 0 aromatic heterocycles. The molecule has 9 nitrogen and oxygen atoms in total. The highest BCUT2D eigenvalue weighted by Gasteiger charge is 2.45. The topological polar surface area (TPSA) is 128 Å². The largest absolute Gasteiger partial charge is 0.478 e. The normalized spacial score (nSPS) is 22.4. The van der Waals surface area contributed by atoms with E-state index >= 15 is 0 Å². The Kier molecular flexibility index (Phi) is 5.19. The number of carboxylic acids is 1. The van der Waals surface area contributed by atoms with Gasteiger partial charge in [-0.3, -0.25) is 14.7 Å². The van der Waals surface area contributed by atoms with Gasteiger partial charge in [-0.15, -0.1) is 0 Å². The molecule has 2 aliphatic heterocycles. The zero-order valence-electron chi connectivity index (χ0n) is 14.8. The predicted octanol–water partition coefficient (Wildman–Crippen LogP) is 3.50. The summed E-state index contributed by atoms with van der Waals surface area (Å²) in [6.07, 6.45) is 0.575. The Balaban J connectivity index is 2.23. The van der Waals surface area contributed by atoms with Crippen molar-refractivity contribution >= 4 is 19.3 Å². The summed E-state index contributed by atoms with van der Waals surface area (Å²) in [5, 5.41) is 24.1. The fourth-order valence-electron chi connectivity index (χ4n) is 3.38. The molecule has 1 unspecified atom stereocenters. The Morgan fingerprint density at radius 1 is 1.30 bits per heavy atom. The van der Waals surface area contributed by atoms with Gasteiger partial charge in [0, 0.05) is 23.5 Å². The average Bonchev–Trinajstić information content (AvgIpc) is 2.61. The molecule has 0 saturated carbocycles. The first-order valence-corrected chi connectivity index (χ1v) is 9.85. The number of allylic oxidation sites excluding steroid dienone is 3. The van der Waals surface area contributed by atoms with E-state index < -0.39 is 24.4 Å². The van der Waals surface area contributed by atoms with Crippen LogP contribution in [0.2, 0.25) is 0 Å². The van der Waals surface area contributed by atoms with Crippen molar-refractivity contribution < 1.29 is 28.4 Å². The van der Waals surface area contributed by atoms with Crippen LogP contribution >= 0.6 is 7.60 Å².